The van der Waals surface area contributed by atoms with Crippen LogP contribution in [0, 0.1) is 5.92 Å². The maximum Gasteiger partial charge on any atom is 0.0970 e. The lowest BCUT2D eigenvalue weighted by Crippen LogP contribution is -2.36. The van der Waals surface area contributed by atoms with E-state index < -0.39 is 11.0 Å². The molecule has 0 fully saturated rings. The second-order valence-electron chi connectivity index (χ2n) is 5.22. The predicted molar refractivity (Wildman–Crippen MR) is 74.3 cm³/mol. The van der Waals surface area contributed by atoms with Gasteiger partial charge in [0.1, 0.15) is 0 Å². The molecule has 0 aromatic carbocycles. The van der Waals surface area contributed by atoms with E-state index in [2.05, 4.69) is 11.6 Å². The molecule has 98 valence electrons. The molecule has 4 heteroatoms. The monoisotopic (exact) mass is 267 g/mol. The second-order valence-corrected chi connectivity index (χ2v) is 7.64. The van der Waals surface area contributed by atoms with E-state index in [-0.39, 0.29) is 4.75 Å². The van der Waals surface area contributed by atoms with Crippen molar-refractivity contribution in [3.8, 4) is 0 Å². The molecule has 0 saturated heterocycles. The molecule has 0 spiro atoms. The van der Waals surface area contributed by atoms with E-state index in [1.807, 2.05) is 20.8 Å². The fraction of sp³-hybridized carbons (Fsp3) is 1.00. The van der Waals surface area contributed by atoms with Crippen molar-refractivity contribution in [2.24, 2.45) is 5.92 Å². The second kappa shape index (κ2) is 8.48. The molecule has 0 heterocycles. The SMILES string of the molecule is CCC[C@H](CCCCl)CN[S@](=O)C(C)(C)C. The molecule has 16 heavy (non-hydrogen) atoms. The molecule has 0 aliphatic rings. The Bertz CT molecular complexity index is 204. The third kappa shape index (κ3) is 7.64. The molecule has 0 bridgehead atoms. The van der Waals surface area contributed by atoms with E-state index in [0.717, 1.165) is 25.3 Å². The predicted octanol–water partition coefficient (Wildman–Crippen LogP) is 3.47. The number of alkyl halides is 1. The van der Waals surface area contributed by atoms with Crippen LogP contribution in [0.5, 0.6) is 0 Å². The van der Waals surface area contributed by atoms with Gasteiger partial charge in [0.2, 0.25) is 0 Å². The van der Waals surface area contributed by atoms with Crippen LogP contribution in [0.1, 0.15) is 53.4 Å². The normalized spacial score (nSPS) is 16.1. The molecule has 2 nitrogen and oxygen atoms in total. The van der Waals surface area contributed by atoms with E-state index in [1.54, 1.807) is 0 Å². The smallest absolute Gasteiger partial charge is 0.0970 e. The van der Waals surface area contributed by atoms with Crippen molar-refractivity contribution >= 4 is 22.6 Å². The van der Waals surface area contributed by atoms with Gasteiger partial charge in [-0.15, -0.1) is 11.6 Å². The molecule has 0 aliphatic heterocycles. The van der Waals surface area contributed by atoms with Gasteiger partial charge < -0.3 is 0 Å². The summed E-state index contributed by atoms with van der Waals surface area (Å²) in [6.45, 7) is 9.00. The van der Waals surface area contributed by atoms with Crippen LogP contribution in [0.4, 0.5) is 0 Å². The fourth-order valence-electron chi connectivity index (χ4n) is 1.53. The van der Waals surface area contributed by atoms with Crippen LogP contribution < -0.4 is 4.72 Å². The van der Waals surface area contributed by atoms with Gasteiger partial charge in [0.15, 0.2) is 0 Å². The Morgan fingerprint density at radius 1 is 1.31 bits per heavy atom. The third-order valence-corrected chi connectivity index (χ3v) is 4.31. The van der Waals surface area contributed by atoms with E-state index in [0.29, 0.717) is 5.92 Å². The van der Waals surface area contributed by atoms with Gasteiger partial charge in [0.05, 0.1) is 15.7 Å². The Morgan fingerprint density at radius 3 is 2.38 bits per heavy atom. The van der Waals surface area contributed by atoms with E-state index in [4.69, 9.17) is 11.6 Å². The van der Waals surface area contributed by atoms with Crippen molar-refractivity contribution in [3.63, 3.8) is 0 Å². The summed E-state index contributed by atoms with van der Waals surface area (Å²) in [5.74, 6) is 1.33. The van der Waals surface area contributed by atoms with Crippen molar-refractivity contribution in [1.29, 1.82) is 0 Å². The lowest BCUT2D eigenvalue weighted by atomic mass is 9.99. The summed E-state index contributed by atoms with van der Waals surface area (Å²) in [6, 6.07) is 0. The summed E-state index contributed by atoms with van der Waals surface area (Å²) in [5.41, 5.74) is 0. The van der Waals surface area contributed by atoms with Crippen molar-refractivity contribution in [1.82, 2.24) is 4.72 Å². The van der Waals surface area contributed by atoms with Gasteiger partial charge in [-0.25, -0.2) is 8.93 Å². The standard InChI is InChI=1S/C12H26ClNOS/c1-5-7-11(8-6-9-13)10-14-16(15)12(2,3)4/h11,14H,5-10H2,1-4H3/t11-,16-/m1/s1. The Kier molecular flexibility index (Phi) is 8.70. The molecule has 1 N–H and O–H groups in total. The zero-order chi connectivity index (χ0) is 12.6. The first kappa shape index (κ1) is 16.4. The van der Waals surface area contributed by atoms with E-state index >= 15 is 0 Å². The maximum atomic E-state index is 11.8. The minimum absolute atomic E-state index is 0.177. The van der Waals surface area contributed by atoms with Crippen LogP contribution in [-0.2, 0) is 11.0 Å². The van der Waals surface area contributed by atoms with Crippen molar-refractivity contribution in [2.45, 2.75) is 58.1 Å². The van der Waals surface area contributed by atoms with Gasteiger partial charge in [-0.3, -0.25) is 0 Å². The van der Waals surface area contributed by atoms with Gasteiger partial charge in [-0.2, -0.15) is 0 Å². The van der Waals surface area contributed by atoms with Crippen molar-refractivity contribution in [2.75, 3.05) is 12.4 Å². The third-order valence-electron chi connectivity index (χ3n) is 2.50. The highest BCUT2D eigenvalue weighted by molar-refractivity contribution is 7.84. The fourth-order valence-corrected chi connectivity index (χ4v) is 2.51. The first-order chi connectivity index (χ1) is 7.41. The molecule has 0 unspecified atom stereocenters. The molecule has 0 amide bonds. The number of rotatable bonds is 8. The van der Waals surface area contributed by atoms with E-state index in [9.17, 15) is 4.21 Å². The molecule has 0 aromatic heterocycles. The summed E-state index contributed by atoms with van der Waals surface area (Å²) >= 11 is 5.70. The lowest BCUT2D eigenvalue weighted by molar-refractivity contribution is 0.437. The zero-order valence-corrected chi connectivity index (χ0v) is 12.6. The van der Waals surface area contributed by atoms with Gasteiger partial charge in [0.25, 0.3) is 0 Å². The molecule has 0 saturated carbocycles. The van der Waals surface area contributed by atoms with Crippen molar-refractivity contribution < 1.29 is 4.21 Å². The molecule has 0 rings (SSSR count). The zero-order valence-electron chi connectivity index (χ0n) is 11.0. The average molecular weight is 268 g/mol. The minimum Gasteiger partial charge on any atom is -0.242 e. The summed E-state index contributed by atoms with van der Waals surface area (Å²) in [6.07, 6.45) is 4.55. The van der Waals surface area contributed by atoms with Gasteiger partial charge >= 0.3 is 0 Å². The van der Waals surface area contributed by atoms with Crippen LogP contribution in [-0.4, -0.2) is 21.4 Å². The highest BCUT2D eigenvalue weighted by Gasteiger charge is 2.20. The molecule has 0 aromatic rings. The number of halogens is 1. The minimum atomic E-state index is -0.950. The highest BCUT2D eigenvalue weighted by Crippen LogP contribution is 2.15. The van der Waals surface area contributed by atoms with Crippen LogP contribution in [0.15, 0.2) is 0 Å². The average Bonchev–Trinajstić information content (AvgIpc) is 2.20. The Morgan fingerprint density at radius 2 is 1.94 bits per heavy atom. The Labute approximate surface area is 108 Å². The van der Waals surface area contributed by atoms with Gasteiger partial charge in [0, 0.05) is 12.4 Å². The first-order valence-electron chi connectivity index (χ1n) is 6.13. The summed E-state index contributed by atoms with van der Waals surface area (Å²) in [7, 11) is -0.950. The first-order valence-corrected chi connectivity index (χ1v) is 7.81. The summed E-state index contributed by atoms with van der Waals surface area (Å²) in [5, 5.41) is 0. The number of hydrogen-bond donors (Lipinski definition) is 1. The van der Waals surface area contributed by atoms with Gasteiger partial charge in [-0.1, -0.05) is 13.3 Å². The molecule has 2 atom stereocenters. The Balaban J connectivity index is 3.96. The van der Waals surface area contributed by atoms with Crippen LogP contribution in [0.2, 0.25) is 0 Å². The van der Waals surface area contributed by atoms with Crippen LogP contribution >= 0.6 is 11.6 Å². The highest BCUT2D eigenvalue weighted by atomic mass is 35.5. The summed E-state index contributed by atoms with van der Waals surface area (Å²) in [4.78, 5) is 0. The molecule has 0 radical (unpaired) electrons. The molecular weight excluding hydrogens is 242 g/mol. The van der Waals surface area contributed by atoms with Gasteiger partial charge in [-0.05, 0) is 46.0 Å². The quantitative estimate of drug-likeness (QED) is 0.671. The molecule has 0 aliphatic carbocycles. The molecular formula is C12H26ClNOS. The largest absolute Gasteiger partial charge is 0.242 e. The topological polar surface area (TPSA) is 29.1 Å². The Hall–Kier alpha value is 0.400. The van der Waals surface area contributed by atoms with Crippen LogP contribution in [0.3, 0.4) is 0 Å². The van der Waals surface area contributed by atoms with Crippen LogP contribution in [0.25, 0.3) is 0 Å². The number of nitrogens with one attached hydrogen (secondary N) is 1. The lowest BCUT2D eigenvalue weighted by Gasteiger charge is -2.21. The number of hydrogen-bond acceptors (Lipinski definition) is 1. The summed E-state index contributed by atoms with van der Waals surface area (Å²) < 4.78 is 14.8. The van der Waals surface area contributed by atoms with Crippen molar-refractivity contribution in [3.05, 3.63) is 0 Å². The maximum absolute atomic E-state index is 11.8. The van der Waals surface area contributed by atoms with E-state index in [1.165, 1.54) is 12.8 Å².